The van der Waals surface area contributed by atoms with E-state index in [-0.39, 0.29) is 11.7 Å². The van der Waals surface area contributed by atoms with Crippen LogP contribution in [0.15, 0.2) is 36.4 Å². The molecule has 1 fully saturated rings. The van der Waals surface area contributed by atoms with Crippen molar-refractivity contribution < 1.29 is 14.3 Å². The van der Waals surface area contributed by atoms with Crippen LogP contribution in [0.3, 0.4) is 0 Å². The number of carbonyl (C=O) groups excluding carboxylic acids is 2. The van der Waals surface area contributed by atoms with Crippen LogP contribution in [0.25, 0.3) is 0 Å². The zero-order valence-electron chi connectivity index (χ0n) is 20.8. The molecular formula is C28H34N4O3. The number of anilines is 1. The van der Waals surface area contributed by atoms with Gasteiger partial charge in [0.25, 0.3) is 5.91 Å². The van der Waals surface area contributed by atoms with Gasteiger partial charge < -0.3 is 15.0 Å². The van der Waals surface area contributed by atoms with Gasteiger partial charge in [0, 0.05) is 35.5 Å². The number of hydrogen-bond acceptors (Lipinski definition) is 5. The maximum absolute atomic E-state index is 12.8. The Morgan fingerprint density at radius 3 is 2.49 bits per heavy atom. The average Bonchev–Trinajstić information content (AvgIpc) is 3.39. The van der Waals surface area contributed by atoms with E-state index in [1.165, 1.54) is 0 Å². The molecule has 7 heteroatoms. The molecule has 1 aliphatic rings. The van der Waals surface area contributed by atoms with Crippen LogP contribution < -0.4 is 10.6 Å². The monoisotopic (exact) mass is 474 g/mol. The maximum Gasteiger partial charge on any atom is 0.412 e. The van der Waals surface area contributed by atoms with Gasteiger partial charge in [-0.1, -0.05) is 25.2 Å². The molecule has 1 saturated heterocycles. The van der Waals surface area contributed by atoms with Crippen molar-refractivity contribution in [3.8, 4) is 11.8 Å². The quantitative estimate of drug-likeness (QED) is 0.231. The van der Waals surface area contributed by atoms with Crippen LogP contribution in [0.2, 0.25) is 0 Å². The van der Waals surface area contributed by atoms with Gasteiger partial charge >= 0.3 is 6.09 Å². The van der Waals surface area contributed by atoms with Gasteiger partial charge in [0.1, 0.15) is 5.84 Å². The number of nitrogens with one attached hydrogen (secondary N) is 3. The lowest BCUT2D eigenvalue weighted by Crippen LogP contribution is -2.31. The van der Waals surface area contributed by atoms with E-state index < -0.39 is 6.09 Å². The molecule has 184 valence electrons. The van der Waals surface area contributed by atoms with Crippen molar-refractivity contribution in [2.24, 2.45) is 0 Å². The minimum Gasteiger partial charge on any atom is -0.449 e. The van der Waals surface area contributed by atoms with Crippen LogP contribution in [0, 0.1) is 31.1 Å². The number of rotatable bonds is 7. The summed E-state index contributed by atoms with van der Waals surface area (Å²) in [5, 5.41) is 13.7. The minimum absolute atomic E-state index is 0.00431. The Kier molecular flexibility index (Phi) is 9.31. The van der Waals surface area contributed by atoms with Gasteiger partial charge in [-0.15, -0.1) is 0 Å². The van der Waals surface area contributed by atoms with Gasteiger partial charge in [-0.2, -0.15) is 0 Å². The summed E-state index contributed by atoms with van der Waals surface area (Å²) < 4.78 is 5.02. The molecule has 0 radical (unpaired) electrons. The molecule has 0 spiro atoms. The fraction of sp³-hybridized carbons (Fsp3) is 0.393. The first-order chi connectivity index (χ1) is 16.9. The van der Waals surface area contributed by atoms with Gasteiger partial charge in [-0.25, -0.2) is 4.79 Å². The molecule has 0 aliphatic carbocycles. The number of unbranched alkanes of at least 4 members (excludes halogenated alkanes) is 1. The second-order valence-corrected chi connectivity index (χ2v) is 8.70. The molecule has 35 heavy (non-hydrogen) atoms. The normalized spacial score (nSPS) is 12.5. The first kappa shape index (κ1) is 25.8. The topological polar surface area (TPSA) is 94.5 Å². The Balaban J connectivity index is 1.52. The van der Waals surface area contributed by atoms with Gasteiger partial charge in [0.2, 0.25) is 0 Å². The van der Waals surface area contributed by atoms with E-state index in [0.717, 1.165) is 66.7 Å². The number of nitrogens with zero attached hydrogens (tertiary/aromatic N) is 1. The van der Waals surface area contributed by atoms with E-state index in [0.29, 0.717) is 18.7 Å². The third-order valence-electron chi connectivity index (χ3n) is 5.93. The summed E-state index contributed by atoms with van der Waals surface area (Å²) in [5.41, 5.74) is 5.08. The van der Waals surface area contributed by atoms with Gasteiger partial charge in [0.05, 0.1) is 13.2 Å². The Morgan fingerprint density at radius 1 is 1.09 bits per heavy atom. The van der Waals surface area contributed by atoms with Crippen LogP contribution in [-0.2, 0) is 4.74 Å². The summed E-state index contributed by atoms with van der Waals surface area (Å²) >= 11 is 0. The molecule has 7 nitrogen and oxygen atoms in total. The van der Waals surface area contributed by atoms with Gasteiger partial charge in [-0.3, -0.25) is 15.5 Å². The fourth-order valence-corrected chi connectivity index (χ4v) is 3.83. The predicted octanol–water partition coefficient (Wildman–Crippen LogP) is 4.85. The summed E-state index contributed by atoms with van der Waals surface area (Å²) in [6, 6.07) is 11.1. The first-order valence-electron chi connectivity index (χ1n) is 12.1. The molecule has 0 unspecified atom stereocenters. The molecular weight excluding hydrogens is 440 g/mol. The highest BCUT2D eigenvalue weighted by Crippen LogP contribution is 2.20. The second-order valence-electron chi connectivity index (χ2n) is 8.70. The Morgan fingerprint density at radius 2 is 1.80 bits per heavy atom. The average molecular weight is 475 g/mol. The number of aryl methyl sites for hydroxylation is 2. The highest BCUT2D eigenvalue weighted by Gasteiger charge is 2.21. The van der Waals surface area contributed by atoms with E-state index in [2.05, 4.69) is 22.5 Å². The number of alkyl carbamates (subject to hydrolysis) is 1. The van der Waals surface area contributed by atoms with Gasteiger partial charge in [0.15, 0.2) is 0 Å². The Hall–Kier alpha value is -3.79. The van der Waals surface area contributed by atoms with Crippen LogP contribution in [0.4, 0.5) is 10.5 Å². The van der Waals surface area contributed by atoms with Crippen LogP contribution in [0.1, 0.15) is 65.2 Å². The highest BCUT2D eigenvalue weighted by atomic mass is 16.5. The highest BCUT2D eigenvalue weighted by molar-refractivity contribution is 6.04. The van der Waals surface area contributed by atoms with Gasteiger partial charge in [-0.05, 0) is 80.6 Å². The smallest absolute Gasteiger partial charge is 0.412 e. The van der Waals surface area contributed by atoms with Crippen LogP contribution in [0.5, 0.6) is 0 Å². The fourth-order valence-electron chi connectivity index (χ4n) is 3.83. The lowest BCUT2D eigenvalue weighted by molar-refractivity contribution is 0.0792. The van der Waals surface area contributed by atoms with E-state index in [1.807, 2.05) is 49.9 Å². The largest absolute Gasteiger partial charge is 0.449 e. The van der Waals surface area contributed by atoms with Crippen molar-refractivity contribution in [2.75, 3.05) is 31.6 Å². The SMILES string of the molecule is CCCCOC(=O)NC(=N)c1ccc(NCC#Cc2cc(C)c(C(=O)N3CCCC3)cc2C)cc1. The third kappa shape index (κ3) is 7.35. The Labute approximate surface area is 207 Å². The maximum atomic E-state index is 12.8. The van der Waals surface area contributed by atoms with Crippen molar-refractivity contribution in [3.63, 3.8) is 0 Å². The second kappa shape index (κ2) is 12.6. The molecule has 0 aromatic heterocycles. The number of likely N-dealkylation sites (tertiary alicyclic amines) is 1. The lowest BCUT2D eigenvalue weighted by atomic mass is 9.99. The summed E-state index contributed by atoms with van der Waals surface area (Å²) in [6.45, 7) is 8.45. The minimum atomic E-state index is -0.611. The molecule has 2 aromatic carbocycles. The molecule has 0 atom stereocenters. The summed E-state index contributed by atoms with van der Waals surface area (Å²) in [4.78, 5) is 26.4. The van der Waals surface area contributed by atoms with E-state index in [1.54, 1.807) is 12.1 Å². The number of amidine groups is 1. The predicted molar refractivity (Wildman–Crippen MR) is 139 cm³/mol. The first-order valence-corrected chi connectivity index (χ1v) is 12.1. The van der Waals surface area contributed by atoms with Crippen LogP contribution >= 0.6 is 0 Å². The van der Waals surface area contributed by atoms with E-state index in [9.17, 15) is 9.59 Å². The Bertz CT molecular complexity index is 1120. The van der Waals surface area contributed by atoms with E-state index in [4.69, 9.17) is 10.1 Å². The van der Waals surface area contributed by atoms with E-state index >= 15 is 0 Å². The molecule has 2 aromatic rings. The van der Waals surface area contributed by atoms with Crippen molar-refractivity contribution in [2.45, 2.75) is 46.5 Å². The zero-order valence-corrected chi connectivity index (χ0v) is 20.8. The van der Waals surface area contributed by atoms with Crippen molar-refractivity contribution in [1.29, 1.82) is 5.41 Å². The molecule has 3 rings (SSSR count). The summed E-state index contributed by atoms with van der Waals surface area (Å²) in [5.74, 6) is 6.45. The third-order valence-corrected chi connectivity index (χ3v) is 5.93. The molecule has 2 amide bonds. The van der Waals surface area contributed by atoms with Crippen molar-refractivity contribution >= 4 is 23.5 Å². The number of amides is 2. The number of ether oxygens (including phenoxy) is 1. The standard InChI is InChI=1S/C28H34N4O3/c1-4-5-17-35-28(34)31-26(29)22-10-12-24(13-11-22)30-14-8-9-23-18-21(3)25(19-20(23)2)27(33)32-15-6-7-16-32/h10-13,18-19,30H,4-7,14-17H2,1-3H3,(H2,29,31,34). The zero-order chi connectivity index (χ0) is 25.2. The molecule has 0 saturated carbocycles. The van der Waals surface area contributed by atoms with Crippen LogP contribution in [-0.4, -0.2) is 49.0 Å². The molecule has 1 heterocycles. The van der Waals surface area contributed by atoms with Crippen molar-refractivity contribution in [3.05, 3.63) is 64.2 Å². The van der Waals surface area contributed by atoms with Crippen molar-refractivity contribution in [1.82, 2.24) is 10.2 Å². The number of hydrogen-bond donors (Lipinski definition) is 3. The molecule has 3 N–H and O–H groups in total. The molecule has 0 bridgehead atoms. The summed E-state index contributed by atoms with van der Waals surface area (Å²) in [7, 11) is 0. The summed E-state index contributed by atoms with van der Waals surface area (Å²) in [6.07, 6.45) is 3.29. The number of carbonyl (C=O) groups is 2. The lowest BCUT2D eigenvalue weighted by Gasteiger charge is -2.17. The number of benzene rings is 2. The molecule has 1 aliphatic heterocycles.